The fourth-order valence-corrected chi connectivity index (χ4v) is 2.86. The number of alkyl halides is 1. The Morgan fingerprint density at radius 3 is 2.71 bits per heavy atom. The minimum atomic E-state index is 0.243. The van der Waals surface area contributed by atoms with Crippen molar-refractivity contribution < 1.29 is 9.47 Å². The van der Waals surface area contributed by atoms with Crippen molar-refractivity contribution in [2.45, 2.75) is 31.8 Å². The molecule has 0 unspecified atom stereocenters. The maximum Gasteiger partial charge on any atom is 0.176 e. The number of hydrogen-bond acceptors (Lipinski definition) is 4. The van der Waals surface area contributed by atoms with Gasteiger partial charge in [-0.15, -0.1) is 0 Å². The highest BCUT2D eigenvalue weighted by molar-refractivity contribution is 9.10. The third-order valence-electron chi connectivity index (χ3n) is 2.93. The van der Waals surface area contributed by atoms with Gasteiger partial charge in [0.25, 0.3) is 0 Å². The van der Waals surface area contributed by atoms with E-state index in [0.29, 0.717) is 18.1 Å². The summed E-state index contributed by atoms with van der Waals surface area (Å²) in [5.74, 6) is 2.14. The van der Waals surface area contributed by atoms with Gasteiger partial charge in [-0.05, 0) is 47.5 Å². The van der Waals surface area contributed by atoms with Gasteiger partial charge in [-0.25, -0.2) is 9.67 Å². The average Bonchev–Trinajstić information content (AvgIpc) is 2.93. The van der Waals surface area contributed by atoms with Crippen molar-refractivity contribution in [2.24, 2.45) is 0 Å². The van der Waals surface area contributed by atoms with Crippen LogP contribution in [0.3, 0.4) is 0 Å². The van der Waals surface area contributed by atoms with E-state index in [1.165, 1.54) is 0 Å². The Hall–Kier alpha value is -1.08. The van der Waals surface area contributed by atoms with E-state index in [-0.39, 0.29) is 6.04 Å². The van der Waals surface area contributed by atoms with Crippen LogP contribution >= 0.6 is 31.9 Å². The maximum atomic E-state index is 5.88. The predicted molar refractivity (Wildman–Crippen MR) is 88.1 cm³/mol. The van der Waals surface area contributed by atoms with Crippen molar-refractivity contribution in [1.29, 1.82) is 0 Å². The van der Waals surface area contributed by atoms with Crippen LogP contribution in [0, 0.1) is 0 Å². The Labute approximate surface area is 140 Å². The molecule has 1 heterocycles. The van der Waals surface area contributed by atoms with Crippen molar-refractivity contribution in [3.8, 4) is 11.5 Å². The number of hydrogen-bond donors (Lipinski definition) is 0. The zero-order chi connectivity index (χ0) is 15.4. The first-order valence-electron chi connectivity index (χ1n) is 6.50. The molecule has 0 saturated carbocycles. The third-order valence-corrected chi connectivity index (χ3v) is 4.16. The molecular formula is C14H17Br2N3O2. The smallest absolute Gasteiger partial charge is 0.176 e. The average molecular weight is 419 g/mol. The highest BCUT2D eigenvalue weighted by Gasteiger charge is 2.14. The normalized spacial score (nSPS) is 11.0. The monoisotopic (exact) mass is 417 g/mol. The molecule has 1 aromatic carbocycles. The van der Waals surface area contributed by atoms with Gasteiger partial charge in [0.2, 0.25) is 0 Å². The molecule has 0 radical (unpaired) electrons. The molecule has 0 aliphatic carbocycles. The van der Waals surface area contributed by atoms with E-state index >= 15 is 0 Å². The summed E-state index contributed by atoms with van der Waals surface area (Å²) < 4.78 is 14.0. The first kappa shape index (κ1) is 16.3. The second-order valence-electron chi connectivity index (χ2n) is 4.75. The molecule has 0 spiro atoms. The molecule has 2 aromatic rings. The Bertz CT molecular complexity index is 614. The summed E-state index contributed by atoms with van der Waals surface area (Å²) in [7, 11) is 1.63. The Morgan fingerprint density at radius 2 is 2.10 bits per heavy atom. The number of benzene rings is 1. The van der Waals surface area contributed by atoms with Gasteiger partial charge in [0, 0.05) is 11.4 Å². The lowest BCUT2D eigenvalue weighted by Crippen LogP contribution is -2.11. The molecule has 0 atom stereocenters. The second-order valence-corrected chi connectivity index (χ2v) is 6.16. The molecule has 7 heteroatoms. The SMILES string of the molecule is COc1cc(CBr)cc(Br)c1OCc1ncnn1C(C)C. The van der Waals surface area contributed by atoms with Crippen LogP contribution in [0.25, 0.3) is 0 Å². The Morgan fingerprint density at radius 1 is 1.33 bits per heavy atom. The lowest BCUT2D eigenvalue weighted by Gasteiger charge is -2.15. The summed E-state index contributed by atoms with van der Waals surface area (Å²) in [6, 6.07) is 4.19. The van der Waals surface area contributed by atoms with Crippen molar-refractivity contribution in [3.63, 3.8) is 0 Å². The van der Waals surface area contributed by atoms with Crippen LogP contribution < -0.4 is 9.47 Å². The fraction of sp³-hybridized carbons (Fsp3) is 0.429. The molecule has 0 fully saturated rings. The summed E-state index contributed by atoms with van der Waals surface area (Å²) in [4.78, 5) is 4.23. The zero-order valence-corrected chi connectivity index (χ0v) is 15.3. The largest absolute Gasteiger partial charge is 0.493 e. The third kappa shape index (κ3) is 3.77. The summed E-state index contributed by atoms with van der Waals surface area (Å²) in [6.45, 7) is 4.44. The molecule has 0 N–H and O–H groups in total. The molecule has 21 heavy (non-hydrogen) atoms. The van der Waals surface area contributed by atoms with Crippen molar-refractivity contribution in [1.82, 2.24) is 14.8 Å². The van der Waals surface area contributed by atoms with Crippen LogP contribution in [0.15, 0.2) is 22.9 Å². The number of methoxy groups -OCH3 is 1. The van der Waals surface area contributed by atoms with E-state index in [1.54, 1.807) is 13.4 Å². The molecule has 114 valence electrons. The summed E-state index contributed by atoms with van der Waals surface area (Å²) >= 11 is 6.96. The molecule has 2 rings (SSSR count). The molecule has 0 aliphatic heterocycles. The lowest BCUT2D eigenvalue weighted by molar-refractivity contribution is 0.264. The number of ether oxygens (including phenoxy) is 2. The fourth-order valence-electron chi connectivity index (χ4n) is 1.94. The van der Waals surface area contributed by atoms with Crippen LogP contribution in [0.1, 0.15) is 31.3 Å². The maximum absolute atomic E-state index is 5.88. The molecule has 0 bridgehead atoms. The molecule has 0 amide bonds. The van der Waals surface area contributed by atoms with E-state index in [9.17, 15) is 0 Å². The minimum absolute atomic E-state index is 0.243. The minimum Gasteiger partial charge on any atom is -0.493 e. The second kappa shape index (κ2) is 7.26. The highest BCUT2D eigenvalue weighted by atomic mass is 79.9. The Kier molecular flexibility index (Phi) is 5.64. The lowest BCUT2D eigenvalue weighted by atomic mass is 10.2. The van der Waals surface area contributed by atoms with Crippen molar-refractivity contribution in [2.75, 3.05) is 7.11 Å². The summed E-state index contributed by atoms with van der Waals surface area (Å²) in [5.41, 5.74) is 1.11. The Balaban J connectivity index is 2.21. The number of rotatable bonds is 6. The molecular weight excluding hydrogens is 402 g/mol. The van der Waals surface area contributed by atoms with Gasteiger partial charge in [0.05, 0.1) is 11.6 Å². The van der Waals surface area contributed by atoms with E-state index in [4.69, 9.17) is 9.47 Å². The first-order valence-corrected chi connectivity index (χ1v) is 8.41. The van der Waals surface area contributed by atoms with Crippen LogP contribution in [-0.4, -0.2) is 21.9 Å². The zero-order valence-electron chi connectivity index (χ0n) is 12.1. The van der Waals surface area contributed by atoms with Gasteiger partial charge in [-0.2, -0.15) is 5.10 Å². The standard InChI is InChI=1S/C14H17Br2N3O2/c1-9(2)19-13(17-8-18-19)7-21-14-11(16)4-10(6-15)5-12(14)20-3/h4-5,8-9H,6-7H2,1-3H3. The summed E-state index contributed by atoms with van der Waals surface area (Å²) in [6.07, 6.45) is 1.54. The number of halogens is 2. The van der Waals surface area contributed by atoms with Crippen LogP contribution in [0.4, 0.5) is 0 Å². The predicted octanol–water partition coefficient (Wildman–Crippen LogP) is 4.10. The number of nitrogens with zero attached hydrogens (tertiary/aromatic N) is 3. The van der Waals surface area contributed by atoms with Crippen LogP contribution in [-0.2, 0) is 11.9 Å². The van der Waals surface area contributed by atoms with Gasteiger partial charge >= 0.3 is 0 Å². The topological polar surface area (TPSA) is 49.2 Å². The summed E-state index contributed by atoms with van der Waals surface area (Å²) in [5, 5.41) is 4.95. The molecule has 0 aliphatic rings. The van der Waals surface area contributed by atoms with Gasteiger partial charge in [0.15, 0.2) is 17.3 Å². The van der Waals surface area contributed by atoms with Crippen molar-refractivity contribution >= 4 is 31.9 Å². The van der Waals surface area contributed by atoms with E-state index in [1.807, 2.05) is 16.8 Å². The van der Waals surface area contributed by atoms with Gasteiger partial charge in [0.1, 0.15) is 12.9 Å². The molecule has 0 saturated heterocycles. The molecule has 1 aromatic heterocycles. The van der Waals surface area contributed by atoms with E-state index in [0.717, 1.165) is 21.2 Å². The van der Waals surface area contributed by atoms with Crippen LogP contribution in [0.2, 0.25) is 0 Å². The van der Waals surface area contributed by atoms with E-state index < -0.39 is 0 Å². The van der Waals surface area contributed by atoms with Gasteiger partial charge in [-0.3, -0.25) is 0 Å². The first-order chi connectivity index (χ1) is 10.1. The quantitative estimate of drug-likeness (QED) is 0.662. The number of aromatic nitrogens is 3. The van der Waals surface area contributed by atoms with Crippen molar-refractivity contribution in [3.05, 3.63) is 34.3 Å². The molecule has 5 nitrogen and oxygen atoms in total. The van der Waals surface area contributed by atoms with Crippen LogP contribution in [0.5, 0.6) is 11.5 Å². The van der Waals surface area contributed by atoms with Gasteiger partial charge < -0.3 is 9.47 Å². The highest BCUT2D eigenvalue weighted by Crippen LogP contribution is 2.37. The van der Waals surface area contributed by atoms with Gasteiger partial charge in [-0.1, -0.05) is 15.9 Å². The van der Waals surface area contributed by atoms with E-state index in [2.05, 4.69) is 55.8 Å².